The van der Waals surface area contributed by atoms with Gasteiger partial charge >= 0.3 is 0 Å². The van der Waals surface area contributed by atoms with Gasteiger partial charge in [0.25, 0.3) is 0 Å². The minimum Gasteiger partial charge on any atom is -0.381 e. The molecule has 2 aliphatic heterocycles. The number of anilines is 1. The van der Waals surface area contributed by atoms with Crippen molar-refractivity contribution in [2.75, 3.05) is 31.7 Å². The lowest BCUT2D eigenvalue weighted by Gasteiger charge is -2.31. The molecule has 0 aromatic heterocycles. The first-order valence-electron chi connectivity index (χ1n) is 9.16. The van der Waals surface area contributed by atoms with Crippen LogP contribution in [0.5, 0.6) is 0 Å². The molecule has 0 amide bonds. The van der Waals surface area contributed by atoms with Crippen molar-refractivity contribution in [3.63, 3.8) is 0 Å². The van der Waals surface area contributed by atoms with Gasteiger partial charge in [0.1, 0.15) is 6.10 Å². The molecule has 2 unspecified atom stereocenters. The van der Waals surface area contributed by atoms with Crippen molar-refractivity contribution in [1.82, 2.24) is 0 Å². The van der Waals surface area contributed by atoms with E-state index in [-0.39, 0.29) is 30.1 Å². The van der Waals surface area contributed by atoms with Crippen molar-refractivity contribution in [1.29, 1.82) is 0 Å². The van der Waals surface area contributed by atoms with E-state index in [0.29, 0.717) is 38.2 Å². The smallest absolute Gasteiger partial charge is 0.193 e. The molecule has 1 aromatic rings. The van der Waals surface area contributed by atoms with Gasteiger partial charge < -0.3 is 25.3 Å². The summed E-state index contributed by atoms with van der Waals surface area (Å²) in [5, 5.41) is 3.13. The first-order chi connectivity index (χ1) is 12.1. The van der Waals surface area contributed by atoms with Gasteiger partial charge in [0.2, 0.25) is 0 Å². The van der Waals surface area contributed by atoms with Crippen molar-refractivity contribution in [3.05, 3.63) is 29.8 Å². The number of nitrogens with two attached hydrogens (primary N) is 1. The Hall–Kier alpha value is -0.900. The van der Waals surface area contributed by atoms with Gasteiger partial charge in [-0.25, -0.2) is 0 Å². The Morgan fingerprint density at radius 3 is 2.65 bits per heavy atom. The molecule has 0 saturated carbocycles. The lowest BCUT2D eigenvalue weighted by Crippen LogP contribution is -2.38. The number of rotatable bonds is 5. The van der Waals surface area contributed by atoms with Crippen LogP contribution in [-0.2, 0) is 14.2 Å². The first-order valence-corrected chi connectivity index (χ1v) is 9.16. The van der Waals surface area contributed by atoms with Crippen molar-refractivity contribution in [2.45, 2.75) is 50.9 Å². The summed E-state index contributed by atoms with van der Waals surface area (Å²) < 4.78 is 17.3. The van der Waals surface area contributed by atoms with Gasteiger partial charge in [-0.1, -0.05) is 26.0 Å². The molecule has 0 bridgehead atoms. The third-order valence-corrected chi connectivity index (χ3v) is 5.00. The van der Waals surface area contributed by atoms with Crippen LogP contribution in [0, 0.1) is 0 Å². The summed E-state index contributed by atoms with van der Waals surface area (Å²) in [6.07, 6.45) is 2.65. The highest BCUT2D eigenvalue weighted by atomic mass is 127. The summed E-state index contributed by atoms with van der Waals surface area (Å²) in [4.78, 5) is 4.40. The lowest BCUT2D eigenvalue weighted by atomic mass is 9.99. The predicted molar refractivity (Wildman–Crippen MR) is 114 cm³/mol. The first kappa shape index (κ1) is 21.4. The number of hydrogen-bond acceptors (Lipinski definition) is 4. The quantitative estimate of drug-likeness (QED) is 0.388. The maximum atomic E-state index is 6.05. The van der Waals surface area contributed by atoms with Gasteiger partial charge in [0, 0.05) is 18.5 Å². The lowest BCUT2D eigenvalue weighted by molar-refractivity contribution is -0.210. The Morgan fingerprint density at radius 2 is 2.00 bits per heavy atom. The Labute approximate surface area is 172 Å². The van der Waals surface area contributed by atoms with Crippen LogP contribution in [0.3, 0.4) is 0 Å². The predicted octanol–water partition coefficient (Wildman–Crippen LogP) is 3.47. The highest BCUT2D eigenvalue weighted by Gasteiger charge is 2.42. The highest BCUT2D eigenvalue weighted by molar-refractivity contribution is 14.0. The molecule has 2 heterocycles. The molecule has 0 aliphatic carbocycles. The number of guanidine groups is 1. The average molecular weight is 475 g/mol. The molecule has 1 aromatic carbocycles. The third-order valence-electron chi connectivity index (χ3n) is 5.00. The molecule has 0 radical (unpaired) electrons. The van der Waals surface area contributed by atoms with Gasteiger partial charge in [-0.3, -0.25) is 4.99 Å². The second-order valence-corrected chi connectivity index (χ2v) is 6.86. The second-order valence-electron chi connectivity index (χ2n) is 6.86. The molecular formula is C19H30IN3O3. The van der Waals surface area contributed by atoms with Gasteiger partial charge in [-0.2, -0.15) is 0 Å². The van der Waals surface area contributed by atoms with E-state index >= 15 is 0 Å². The minimum absolute atomic E-state index is 0. The number of nitrogens with one attached hydrogen (secondary N) is 1. The van der Waals surface area contributed by atoms with E-state index in [1.807, 2.05) is 12.1 Å². The Morgan fingerprint density at radius 1 is 1.31 bits per heavy atom. The largest absolute Gasteiger partial charge is 0.381 e. The normalized spacial score (nSPS) is 23.5. The van der Waals surface area contributed by atoms with Crippen LogP contribution in [0.1, 0.15) is 44.6 Å². The average Bonchev–Trinajstić information content (AvgIpc) is 3.03. The summed E-state index contributed by atoms with van der Waals surface area (Å²) in [5.74, 6) is 0.497. The molecule has 2 aliphatic rings. The van der Waals surface area contributed by atoms with E-state index in [2.05, 4.69) is 36.3 Å². The van der Waals surface area contributed by atoms with E-state index in [4.69, 9.17) is 19.9 Å². The van der Waals surface area contributed by atoms with Gasteiger partial charge in [0.05, 0.1) is 26.4 Å². The zero-order chi connectivity index (χ0) is 17.7. The van der Waals surface area contributed by atoms with Crippen molar-refractivity contribution >= 4 is 35.6 Å². The van der Waals surface area contributed by atoms with Gasteiger partial charge in [-0.15, -0.1) is 24.0 Å². The van der Waals surface area contributed by atoms with E-state index in [1.54, 1.807) is 0 Å². The third kappa shape index (κ3) is 5.55. The van der Waals surface area contributed by atoms with Crippen LogP contribution in [0.4, 0.5) is 5.69 Å². The SMILES string of the molecule is CCC(C)c1ccc(NC(N)=NCC2COC3(CCOCC3)O2)cc1.I. The second kappa shape index (κ2) is 9.87. The van der Waals surface area contributed by atoms with Crippen molar-refractivity contribution in [2.24, 2.45) is 10.7 Å². The van der Waals surface area contributed by atoms with Crippen molar-refractivity contribution in [3.8, 4) is 0 Å². The molecule has 3 rings (SSSR count). The maximum absolute atomic E-state index is 6.05. The molecule has 2 saturated heterocycles. The summed E-state index contributed by atoms with van der Waals surface area (Å²) in [5.41, 5.74) is 8.28. The van der Waals surface area contributed by atoms with E-state index in [0.717, 1.165) is 24.9 Å². The Kier molecular flexibility index (Phi) is 8.12. The van der Waals surface area contributed by atoms with Crippen LogP contribution < -0.4 is 11.1 Å². The van der Waals surface area contributed by atoms with E-state index < -0.39 is 5.79 Å². The molecule has 6 nitrogen and oxygen atoms in total. The maximum Gasteiger partial charge on any atom is 0.193 e. The molecule has 146 valence electrons. The molecule has 1 spiro atoms. The standard InChI is InChI=1S/C19H29N3O3.HI/c1-3-14(2)15-4-6-16(7-5-15)22-18(20)21-12-17-13-24-19(25-17)8-10-23-11-9-19;/h4-7,14,17H,3,8-13H2,1-2H3,(H3,20,21,22);1H. The number of halogens is 1. The Balaban J connectivity index is 0.00000243. The number of benzene rings is 1. The van der Waals surface area contributed by atoms with Crippen LogP contribution in [0.15, 0.2) is 29.3 Å². The molecular weight excluding hydrogens is 445 g/mol. The van der Waals surface area contributed by atoms with Gasteiger partial charge in [-0.05, 0) is 30.0 Å². The Bertz CT molecular complexity index is 588. The molecule has 7 heteroatoms. The summed E-state index contributed by atoms with van der Waals surface area (Å²) >= 11 is 0. The summed E-state index contributed by atoms with van der Waals surface area (Å²) in [6.45, 7) is 6.85. The molecule has 3 N–H and O–H groups in total. The fourth-order valence-corrected chi connectivity index (χ4v) is 3.17. The number of nitrogens with zero attached hydrogens (tertiary/aromatic N) is 1. The minimum atomic E-state index is -0.466. The van der Waals surface area contributed by atoms with Crippen LogP contribution >= 0.6 is 24.0 Å². The molecule has 26 heavy (non-hydrogen) atoms. The van der Waals surface area contributed by atoms with Gasteiger partial charge in [0.15, 0.2) is 11.7 Å². The molecule has 2 fully saturated rings. The number of ether oxygens (including phenoxy) is 3. The molecule has 2 atom stereocenters. The zero-order valence-electron chi connectivity index (χ0n) is 15.6. The van der Waals surface area contributed by atoms with Crippen molar-refractivity contribution < 1.29 is 14.2 Å². The van der Waals surface area contributed by atoms with Crippen LogP contribution in [0.25, 0.3) is 0 Å². The number of aliphatic imine (C=N–C) groups is 1. The fourth-order valence-electron chi connectivity index (χ4n) is 3.17. The van der Waals surface area contributed by atoms with Crippen LogP contribution in [-0.4, -0.2) is 44.2 Å². The topological polar surface area (TPSA) is 78.1 Å². The summed E-state index contributed by atoms with van der Waals surface area (Å²) in [7, 11) is 0. The van der Waals surface area contributed by atoms with E-state index in [9.17, 15) is 0 Å². The zero-order valence-corrected chi connectivity index (χ0v) is 17.9. The summed E-state index contributed by atoms with van der Waals surface area (Å²) in [6, 6.07) is 8.34. The van der Waals surface area contributed by atoms with E-state index in [1.165, 1.54) is 5.56 Å². The fraction of sp³-hybridized carbons (Fsp3) is 0.632. The highest BCUT2D eigenvalue weighted by Crippen LogP contribution is 2.33. The monoisotopic (exact) mass is 475 g/mol. The number of hydrogen-bond donors (Lipinski definition) is 2. The van der Waals surface area contributed by atoms with Crippen LogP contribution in [0.2, 0.25) is 0 Å².